The predicted octanol–water partition coefficient (Wildman–Crippen LogP) is 1.51. The summed E-state index contributed by atoms with van der Waals surface area (Å²) < 4.78 is 4.71. The lowest BCUT2D eigenvalue weighted by molar-refractivity contribution is -0.156. The van der Waals surface area contributed by atoms with Crippen LogP contribution in [-0.2, 0) is 9.53 Å². The molecule has 1 saturated carbocycles. The van der Waals surface area contributed by atoms with Gasteiger partial charge in [0.1, 0.15) is 0 Å². The minimum Gasteiger partial charge on any atom is -0.469 e. The van der Waals surface area contributed by atoms with Gasteiger partial charge in [-0.25, -0.2) is 0 Å². The van der Waals surface area contributed by atoms with Crippen LogP contribution in [0.25, 0.3) is 0 Å². The summed E-state index contributed by atoms with van der Waals surface area (Å²) in [4.78, 5) is 11.5. The first-order chi connectivity index (χ1) is 6.41. The van der Waals surface area contributed by atoms with Crippen LogP contribution >= 0.6 is 0 Å². The fourth-order valence-electron chi connectivity index (χ4n) is 2.09. The van der Waals surface area contributed by atoms with Crippen LogP contribution in [0, 0.1) is 11.3 Å². The topological polar surface area (TPSA) is 46.5 Å². The van der Waals surface area contributed by atoms with Gasteiger partial charge in [0, 0.05) is 0 Å². The van der Waals surface area contributed by atoms with E-state index in [-0.39, 0.29) is 11.9 Å². The molecular formula is C11H18O3. The van der Waals surface area contributed by atoms with Crippen molar-refractivity contribution in [2.24, 2.45) is 11.3 Å². The van der Waals surface area contributed by atoms with Gasteiger partial charge in [-0.05, 0) is 32.6 Å². The van der Waals surface area contributed by atoms with Crippen LogP contribution in [0.4, 0.5) is 0 Å². The number of hydrogen-bond donors (Lipinski definition) is 1. The highest BCUT2D eigenvalue weighted by molar-refractivity contribution is 5.77. The normalized spacial score (nSPS) is 36.9. The summed E-state index contributed by atoms with van der Waals surface area (Å²) >= 11 is 0. The quantitative estimate of drug-likeness (QED) is 0.540. The van der Waals surface area contributed by atoms with E-state index < -0.39 is 11.5 Å². The molecule has 3 heteroatoms. The zero-order valence-electron chi connectivity index (χ0n) is 9.04. The van der Waals surface area contributed by atoms with E-state index in [0.717, 1.165) is 5.57 Å². The average Bonchev–Trinajstić information content (AvgIpc) is 2.43. The summed E-state index contributed by atoms with van der Waals surface area (Å²) in [5, 5.41) is 9.83. The maximum Gasteiger partial charge on any atom is 0.314 e. The number of esters is 1. The van der Waals surface area contributed by atoms with Crippen LogP contribution < -0.4 is 0 Å². The molecule has 14 heavy (non-hydrogen) atoms. The van der Waals surface area contributed by atoms with Crippen molar-refractivity contribution in [3.63, 3.8) is 0 Å². The molecule has 3 atom stereocenters. The van der Waals surface area contributed by atoms with Gasteiger partial charge >= 0.3 is 5.97 Å². The number of aliphatic hydroxyl groups excluding tert-OH is 1. The highest BCUT2D eigenvalue weighted by Crippen LogP contribution is 2.44. The van der Waals surface area contributed by atoms with Crippen molar-refractivity contribution < 1.29 is 14.6 Å². The summed E-state index contributed by atoms with van der Waals surface area (Å²) in [5.74, 6) is -0.0946. The second kappa shape index (κ2) is 3.73. The van der Waals surface area contributed by atoms with Crippen molar-refractivity contribution in [1.29, 1.82) is 0 Å². The third-order valence-corrected chi connectivity index (χ3v) is 3.26. The molecular weight excluding hydrogens is 180 g/mol. The summed E-state index contributed by atoms with van der Waals surface area (Å²) in [7, 11) is 1.36. The Hall–Kier alpha value is -0.830. The third-order valence-electron chi connectivity index (χ3n) is 3.26. The van der Waals surface area contributed by atoms with Crippen molar-refractivity contribution >= 4 is 5.97 Å². The van der Waals surface area contributed by atoms with E-state index in [0.29, 0.717) is 12.8 Å². The molecule has 0 aromatic rings. The average molecular weight is 198 g/mol. The van der Waals surface area contributed by atoms with Gasteiger partial charge in [0.25, 0.3) is 0 Å². The lowest BCUT2D eigenvalue weighted by Gasteiger charge is -2.24. The van der Waals surface area contributed by atoms with Crippen LogP contribution in [0.5, 0.6) is 0 Å². The van der Waals surface area contributed by atoms with Gasteiger partial charge in [-0.15, -0.1) is 0 Å². The van der Waals surface area contributed by atoms with Crippen LogP contribution in [0.1, 0.15) is 26.7 Å². The number of aliphatic hydroxyl groups is 1. The molecule has 0 bridgehead atoms. The zero-order valence-corrected chi connectivity index (χ0v) is 9.04. The Morgan fingerprint density at radius 3 is 2.57 bits per heavy atom. The molecule has 0 aromatic heterocycles. The first-order valence-corrected chi connectivity index (χ1v) is 4.83. The van der Waals surface area contributed by atoms with E-state index in [9.17, 15) is 9.90 Å². The molecule has 1 unspecified atom stereocenters. The van der Waals surface area contributed by atoms with E-state index >= 15 is 0 Å². The van der Waals surface area contributed by atoms with Gasteiger partial charge in [-0.1, -0.05) is 12.2 Å². The van der Waals surface area contributed by atoms with Crippen LogP contribution in [0.2, 0.25) is 0 Å². The molecule has 0 heterocycles. The first-order valence-electron chi connectivity index (χ1n) is 4.83. The van der Waals surface area contributed by atoms with Crippen molar-refractivity contribution in [2.75, 3.05) is 7.11 Å². The largest absolute Gasteiger partial charge is 0.469 e. The number of allylic oxidation sites excluding steroid dienone is 1. The second-order valence-electron chi connectivity index (χ2n) is 4.41. The Balaban J connectivity index is 2.82. The van der Waals surface area contributed by atoms with Gasteiger partial charge < -0.3 is 9.84 Å². The molecule has 1 aliphatic rings. The number of ether oxygens (including phenoxy) is 1. The van der Waals surface area contributed by atoms with E-state index in [2.05, 4.69) is 6.58 Å². The molecule has 80 valence electrons. The van der Waals surface area contributed by atoms with Crippen molar-refractivity contribution in [3.8, 4) is 0 Å². The highest BCUT2D eigenvalue weighted by Gasteiger charge is 2.49. The Morgan fingerprint density at radius 1 is 1.64 bits per heavy atom. The molecule has 0 spiro atoms. The number of methoxy groups -OCH3 is 1. The molecule has 1 aliphatic carbocycles. The lowest BCUT2D eigenvalue weighted by Crippen LogP contribution is -2.36. The molecule has 1 rings (SSSR count). The molecule has 0 aliphatic heterocycles. The Labute approximate surface area is 84.8 Å². The molecule has 0 saturated heterocycles. The Bertz CT molecular complexity index is 259. The summed E-state index contributed by atoms with van der Waals surface area (Å²) in [6, 6.07) is 0. The Kier molecular flexibility index (Phi) is 3.00. The van der Waals surface area contributed by atoms with Gasteiger partial charge in [0.15, 0.2) is 0 Å². The Morgan fingerprint density at radius 2 is 2.21 bits per heavy atom. The molecule has 1 N–H and O–H groups in total. The minimum absolute atomic E-state index is 0.231. The van der Waals surface area contributed by atoms with E-state index in [4.69, 9.17) is 4.74 Å². The molecule has 3 nitrogen and oxygen atoms in total. The molecule has 0 aromatic carbocycles. The molecule has 0 amide bonds. The van der Waals surface area contributed by atoms with Gasteiger partial charge in [-0.2, -0.15) is 0 Å². The standard InChI is InChI=1S/C11H18O3/c1-7(2)8-5-9(12)11(3,6-8)10(13)14-4/h8-9,12H,1,5-6H2,2-4H3/t8-,9-,11?/m1/s1. The SMILES string of the molecule is C=C(C)[C@@H]1C[C@@H](O)C(C)(C(=O)OC)C1. The van der Waals surface area contributed by atoms with E-state index in [1.54, 1.807) is 6.92 Å². The fourth-order valence-corrected chi connectivity index (χ4v) is 2.09. The number of rotatable bonds is 2. The smallest absolute Gasteiger partial charge is 0.314 e. The first kappa shape index (κ1) is 11.2. The van der Waals surface area contributed by atoms with Gasteiger partial charge in [-0.3, -0.25) is 4.79 Å². The summed E-state index contributed by atoms with van der Waals surface area (Å²) in [5.41, 5.74) is 0.273. The minimum atomic E-state index is -0.752. The van der Waals surface area contributed by atoms with Crippen LogP contribution in [0.15, 0.2) is 12.2 Å². The van der Waals surface area contributed by atoms with Crippen molar-refractivity contribution in [2.45, 2.75) is 32.8 Å². The number of carbonyl (C=O) groups excluding carboxylic acids is 1. The van der Waals surface area contributed by atoms with Gasteiger partial charge in [0.2, 0.25) is 0 Å². The monoisotopic (exact) mass is 198 g/mol. The number of carbonyl (C=O) groups is 1. The maximum absolute atomic E-state index is 11.5. The third kappa shape index (κ3) is 1.69. The second-order valence-corrected chi connectivity index (χ2v) is 4.41. The summed E-state index contributed by atoms with van der Waals surface area (Å²) in [6.07, 6.45) is 0.633. The predicted molar refractivity (Wildman–Crippen MR) is 53.7 cm³/mol. The lowest BCUT2D eigenvalue weighted by atomic mass is 9.85. The fraction of sp³-hybridized carbons (Fsp3) is 0.727. The highest BCUT2D eigenvalue weighted by atomic mass is 16.5. The van der Waals surface area contributed by atoms with Crippen LogP contribution in [-0.4, -0.2) is 24.3 Å². The van der Waals surface area contributed by atoms with Gasteiger partial charge in [0.05, 0.1) is 18.6 Å². The van der Waals surface area contributed by atoms with Crippen molar-refractivity contribution in [3.05, 3.63) is 12.2 Å². The van der Waals surface area contributed by atoms with Crippen molar-refractivity contribution in [1.82, 2.24) is 0 Å². The molecule has 1 fully saturated rings. The van der Waals surface area contributed by atoms with E-state index in [1.807, 2.05) is 6.92 Å². The molecule has 0 radical (unpaired) electrons. The zero-order chi connectivity index (χ0) is 10.9. The van der Waals surface area contributed by atoms with Crippen LogP contribution in [0.3, 0.4) is 0 Å². The maximum atomic E-state index is 11.5. The summed E-state index contributed by atoms with van der Waals surface area (Å²) in [6.45, 7) is 7.55. The van der Waals surface area contributed by atoms with E-state index in [1.165, 1.54) is 7.11 Å². The number of hydrogen-bond acceptors (Lipinski definition) is 3.